The van der Waals surface area contributed by atoms with Gasteiger partial charge in [-0.1, -0.05) is 18.7 Å². The molecule has 0 saturated heterocycles. The highest BCUT2D eigenvalue weighted by Crippen LogP contribution is 2.27. The lowest BCUT2D eigenvalue weighted by molar-refractivity contribution is -0.119. The van der Waals surface area contributed by atoms with Crippen LogP contribution in [0.1, 0.15) is 0 Å². The van der Waals surface area contributed by atoms with E-state index < -0.39 is 28.3 Å². The quantitative estimate of drug-likeness (QED) is 0.314. The molecule has 0 unspecified atom stereocenters. The summed E-state index contributed by atoms with van der Waals surface area (Å²) < 4.78 is 45.3. The Morgan fingerprint density at radius 2 is 1.96 bits per heavy atom. The van der Waals surface area contributed by atoms with Gasteiger partial charge >= 0.3 is 0 Å². The number of halogens is 1. The van der Waals surface area contributed by atoms with Gasteiger partial charge in [0.2, 0.25) is 0 Å². The number of nitrogens with zero attached hydrogens (tertiary/aromatic N) is 1. The van der Waals surface area contributed by atoms with Crippen molar-refractivity contribution in [2.75, 3.05) is 17.5 Å². The number of amides is 1. The molecule has 1 amide bonds. The van der Waals surface area contributed by atoms with Crippen molar-refractivity contribution in [1.82, 2.24) is 5.43 Å². The van der Waals surface area contributed by atoms with Gasteiger partial charge in [0.15, 0.2) is 0 Å². The minimum absolute atomic E-state index is 0.166. The van der Waals surface area contributed by atoms with Crippen LogP contribution in [0.2, 0.25) is 0 Å². The molecule has 0 heterocycles. The SMILES string of the molecule is C=CCOc1cccc(N(CC(=O)NN)S(=O)(=O)c2ccc(F)cc2)c1. The number of hydrogen-bond donors (Lipinski definition) is 2. The molecule has 0 aliphatic carbocycles. The van der Waals surface area contributed by atoms with Gasteiger partial charge in [0, 0.05) is 6.07 Å². The predicted molar refractivity (Wildman–Crippen MR) is 95.4 cm³/mol. The number of carbonyl (C=O) groups is 1. The number of carbonyl (C=O) groups excluding carboxylic acids is 1. The van der Waals surface area contributed by atoms with Crippen LogP contribution in [0.3, 0.4) is 0 Å². The van der Waals surface area contributed by atoms with E-state index in [1.807, 2.05) is 5.43 Å². The fourth-order valence-electron chi connectivity index (χ4n) is 2.11. The van der Waals surface area contributed by atoms with Crippen molar-refractivity contribution in [3.05, 3.63) is 67.0 Å². The zero-order chi connectivity index (χ0) is 19.2. The molecule has 138 valence electrons. The third kappa shape index (κ3) is 4.58. The van der Waals surface area contributed by atoms with Crippen LogP contribution < -0.4 is 20.3 Å². The zero-order valence-electron chi connectivity index (χ0n) is 13.8. The van der Waals surface area contributed by atoms with E-state index in [9.17, 15) is 17.6 Å². The number of hydrogen-bond acceptors (Lipinski definition) is 5. The van der Waals surface area contributed by atoms with Crippen LogP contribution in [0.4, 0.5) is 10.1 Å². The van der Waals surface area contributed by atoms with Gasteiger partial charge in [0.25, 0.3) is 15.9 Å². The van der Waals surface area contributed by atoms with E-state index in [1.54, 1.807) is 18.2 Å². The zero-order valence-corrected chi connectivity index (χ0v) is 14.6. The molecule has 0 aromatic heterocycles. The fraction of sp³-hybridized carbons (Fsp3) is 0.118. The van der Waals surface area contributed by atoms with Crippen LogP contribution in [0.25, 0.3) is 0 Å². The summed E-state index contributed by atoms with van der Waals surface area (Å²) in [5.41, 5.74) is 2.09. The van der Waals surface area contributed by atoms with Crippen molar-refractivity contribution in [2.45, 2.75) is 4.90 Å². The lowest BCUT2D eigenvalue weighted by Crippen LogP contribution is -2.43. The van der Waals surface area contributed by atoms with E-state index >= 15 is 0 Å². The van der Waals surface area contributed by atoms with Crippen molar-refractivity contribution in [1.29, 1.82) is 0 Å². The monoisotopic (exact) mass is 379 g/mol. The first-order chi connectivity index (χ1) is 12.4. The van der Waals surface area contributed by atoms with E-state index in [-0.39, 0.29) is 17.2 Å². The lowest BCUT2D eigenvalue weighted by Gasteiger charge is -2.24. The first-order valence-corrected chi connectivity index (χ1v) is 8.94. The Labute approximate surface area is 150 Å². The average Bonchev–Trinajstić information content (AvgIpc) is 2.64. The second-order valence-corrected chi connectivity index (χ2v) is 6.99. The highest BCUT2D eigenvalue weighted by Gasteiger charge is 2.27. The maximum Gasteiger partial charge on any atom is 0.264 e. The molecule has 0 saturated carbocycles. The molecule has 0 spiro atoms. The van der Waals surface area contributed by atoms with Gasteiger partial charge in [0.05, 0.1) is 10.6 Å². The molecule has 0 bridgehead atoms. The Balaban J connectivity index is 2.47. The Kier molecular flexibility index (Phi) is 6.31. The van der Waals surface area contributed by atoms with Crippen LogP contribution in [0, 0.1) is 5.82 Å². The highest BCUT2D eigenvalue weighted by atomic mass is 32.2. The second kappa shape index (κ2) is 8.45. The minimum Gasteiger partial charge on any atom is -0.489 e. The van der Waals surface area contributed by atoms with Gasteiger partial charge in [-0.2, -0.15) is 0 Å². The van der Waals surface area contributed by atoms with E-state index in [4.69, 9.17) is 10.6 Å². The summed E-state index contributed by atoms with van der Waals surface area (Å²) in [6, 6.07) is 10.5. The van der Waals surface area contributed by atoms with Crippen molar-refractivity contribution in [3.63, 3.8) is 0 Å². The van der Waals surface area contributed by atoms with Crippen LogP contribution in [0.15, 0.2) is 66.1 Å². The number of hydrazine groups is 1. The van der Waals surface area contributed by atoms with Gasteiger partial charge in [-0.05, 0) is 36.4 Å². The first kappa shape index (κ1) is 19.4. The summed E-state index contributed by atoms with van der Waals surface area (Å²) in [6.45, 7) is 3.22. The largest absolute Gasteiger partial charge is 0.489 e. The molecule has 2 aromatic carbocycles. The molecule has 0 atom stereocenters. The van der Waals surface area contributed by atoms with Gasteiger partial charge < -0.3 is 4.74 Å². The van der Waals surface area contributed by atoms with Crippen LogP contribution in [-0.2, 0) is 14.8 Å². The van der Waals surface area contributed by atoms with Crippen molar-refractivity contribution >= 4 is 21.6 Å². The van der Waals surface area contributed by atoms with E-state index in [0.29, 0.717) is 5.75 Å². The maximum absolute atomic E-state index is 13.1. The summed E-state index contributed by atoms with van der Waals surface area (Å²) in [5, 5.41) is 0. The summed E-state index contributed by atoms with van der Waals surface area (Å²) in [5.74, 6) is 4.20. The number of nitrogens with one attached hydrogen (secondary N) is 1. The van der Waals surface area contributed by atoms with Gasteiger partial charge in [-0.3, -0.25) is 14.5 Å². The Morgan fingerprint density at radius 1 is 1.27 bits per heavy atom. The normalized spacial score (nSPS) is 10.8. The van der Waals surface area contributed by atoms with E-state index in [2.05, 4.69) is 6.58 Å². The van der Waals surface area contributed by atoms with Crippen LogP contribution in [0.5, 0.6) is 5.75 Å². The molecule has 26 heavy (non-hydrogen) atoms. The third-order valence-corrected chi connectivity index (χ3v) is 5.11. The lowest BCUT2D eigenvalue weighted by atomic mass is 10.3. The minimum atomic E-state index is -4.14. The van der Waals surface area contributed by atoms with E-state index in [1.165, 1.54) is 12.1 Å². The number of nitrogens with two attached hydrogens (primary N) is 1. The number of benzene rings is 2. The summed E-state index contributed by atoms with van der Waals surface area (Å²) in [4.78, 5) is 11.6. The van der Waals surface area contributed by atoms with Crippen LogP contribution >= 0.6 is 0 Å². The molecule has 0 radical (unpaired) electrons. The molecule has 2 rings (SSSR count). The summed E-state index contributed by atoms with van der Waals surface area (Å²) in [6.07, 6.45) is 1.54. The predicted octanol–water partition coefficient (Wildman–Crippen LogP) is 1.58. The molecule has 2 aromatic rings. The van der Waals surface area contributed by atoms with E-state index in [0.717, 1.165) is 28.6 Å². The molecule has 0 fully saturated rings. The van der Waals surface area contributed by atoms with Crippen molar-refractivity contribution in [2.24, 2.45) is 5.84 Å². The smallest absolute Gasteiger partial charge is 0.264 e. The Morgan fingerprint density at radius 3 is 2.58 bits per heavy atom. The standard InChI is InChI=1S/C17H18FN3O4S/c1-2-10-25-15-5-3-4-14(11-15)21(12-17(22)20-19)26(23,24)16-8-6-13(18)7-9-16/h2-9,11H,1,10,12,19H2,(H,20,22). The molecule has 7 nitrogen and oxygen atoms in total. The highest BCUT2D eigenvalue weighted by molar-refractivity contribution is 7.92. The average molecular weight is 379 g/mol. The van der Waals surface area contributed by atoms with Crippen molar-refractivity contribution < 1.29 is 22.3 Å². The fourth-order valence-corrected chi connectivity index (χ4v) is 3.52. The Hall–Kier alpha value is -2.91. The third-order valence-electron chi connectivity index (χ3n) is 3.32. The Bertz CT molecular complexity index is 885. The van der Waals surface area contributed by atoms with Gasteiger partial charge in [-0.25, -0.2) is 18.7 Å². The molecular weight excluding hydrogens is 361 g/mol. The number of ether oxygens (including phenoxy) is 1. The van der Waals surface area contributed by atoms with Crippen molar-refractivity contribution in [3.8, 4) is 5.75 Å². The molecule has 0 aliphatic heterocycles. The topological polar surface area (TPSA) is 102 Å². The summed E-state index contributed by atoms with van der Waals surface area (Å²) in [7, 11) is -4.14. The van der Waals surface area contributed by atoms with Crippen LogP contribution in [-0.4, -0.2) is 27.5 Å². The summed E-state index contributed by atoms with van der Waals surface area (Å²) >= 11 is 0. The van der Waals surface area contributed by atoms with Gasteiger partial charge in [0.1, 0.15) is 24.7 Å². The maximum atomic E-state index is 13.1. The number of sulfonamides is 1. The van der Waals surface area contributed by atoms with Gasteiger partial charge in [-0.15, -0.1) is 0 Å². The molecule has 9 heteroatoms. The molecule has 0 aliphatic rings. The molecule has 3 N–H and O–H groups in total. The first-order valence-electron chi connectivity index (χ1n) is 7.50. The number of rotatable bonds is 8. The second-order valence-electron chi connectivity index (χ2n) is 5.13. The molecular formula is C17H18FN3O4S. The number of anilines is 1.